The van der Waals surface area contributed by atoms with Gasteiger partial charge in [-0.2, -0.15) is 26.3 Å². The first kappa shape index (κ1) is 23.6. The van der Waals surface area contributed by atoms with Gasteiger partial charge in [-0.1, -0.05) is 13.8 Å². The van der Waals surface area contributed by atoms with Crippen LogP contribution in [0.15, 0.2) is 29.5 Å². The van der Waals surface area contributed by atoms with Crippen LogP contribution in [0.2, 0.25) is 0 Å². The smallest absolute Gasteiger partial charge is 0.416 e. The van der Waals surface area contributed by atoms with Crippen LogP contribution in [-0.4, -0.2) is 34.5 Å². The molecule has 0 unspecified atom stereocenters. The van der Waals surface area contributed by atoms with Crippen LogP contribution in [-0.2, 0) is 33.2 Å². The number of esters is 1. The minimum atomic E-state index is -5.04. The highest BCUT2D eigenvalue weighted by Crippen LogP contribution is 2.38. The van der Waals surface area contributed by atoms with Crippen molar-refractivity contribution < 1.29 is 45.8 Å². The standard InChI is InChI=1S/C19H19F6NO4/c1-4-30-17(29)13-15(27)14(9(2)3)26(16(13)28)8-10-5-11(18(20,21)22)7-12(6-10)19(23,24)25/h5-7,9,14,27H,4,8H2,1-3H3/t14-/m0/s1. The van der Waals surface area contributed by atoms with E-state index in [9.17, 15) is 41.0 Å². The van der Waals surface area contributed by atoms with Crippen LogP contribution in [0, 0.1) is 5.92 Å². The van der Waals surface area contributed by atoms with Crippen molar-refractivity contribution in [3.8, 4) is 0 Å². The minimum absolute atomic E-state index is 0.0189. The van der Waals surface area contributed by atoms with Gasteiger partial charge in [-0.05, 0) is 36.6 Å². The van der Waals surface area contributed by atoms with E-state index >= 15 is 0 Å². The number of amides is 1. The molecule has 1 aliphatic rings. The Bertz CT molecular complexity index is 841. The number of benzene rings is 1. The topological polar surface area (TPSA) is 66.8 Å². The SMILES string of the molecule is CCOC(=O)C1=C(O)[C@H](C(C)C)N(Cc2cc(C(F)(F)F)cc(C(F)(F)F)c2)C1=O. The summed E-state index contributed by atoms with van der Waals surface area (Å²) in [5.74, 6) is -3.27. The average molecular weight is 439 g/mol. The van der Waals surface area contributed by atoms with Gasteiger partial charge in [0, 0.05) is 6.54 Å². The molecular weight excluding hydrogens is 420 g/mol. The summed E-state index contributed by atoms with van der Waals surface area (Å²) in [7, 11) is 0. The lowest BCUT2D eigenvalue weighted by atomic mass is 10.0. The van der Waals surface area contributed by atoms with E-state index < -0.39 is 70.8 Å². The van der Waals surface area contributed by atoms with Gasteiger partial charge in [-0.3, -0.25) is 4.79 Å². The number of nitrogens with zero attached hydrogens (tertiary/aromatic N) is 1. The number of carbonyl (C=O) groups is 2. The molecule has 0 spiro atoms. The molecule has 0 aliphatic carbocycles. The molecule has 2 rings (SSSR count). The average Bonchev–Trinajstić information content (AvgIpc) is 2.83. The second kappa shape index (κ2) is 8.19. The highest BCUT2D eigenvalue weighted by Gasteiger charge is 2.45. The number of alkyl halides is 6. The lowest BCUT2D eigenvalue weighted by molar-refractivity contribution is -0.143. The van der Waals surface area contributed by atoms with Crippen molar-refractivity contribution in [1.29, 1.82) is 0 Å². The molecular formula is C19H19F6NO4. The lowest BCUT2D eigenvalue weighted by Gasteiger charge is -2.28. The Hall–Kier alpha value is -2.72. The van der Waals surface area contributed by atoms with E-state index in [2.05, 4.69) is 0 Å². The van der Waals surface area contributed by atoms with Gasteiger partial charge in [0.25, 0.3) is 5.91 Å². The van der Waals surface area contributed by atoms with Gasteiger partial charge in [0.1, 0.15) is 5.76 Å². The molecule has 30 heavy (non-hydrogen) atoms. The molecule has 1 amide bonds. The number of aliphatic hydroxyl groups is 1. The molecule has 166 valence electrons. The van der Waals surface area contributed by atoms with Crippen molar-refractivity contribution in [2.75, 3.05) is 6.61 Å². The summed E-state index contributed by atoms with van der Waals surface area (Å²) in [6.45, 7) is 3.83. The maximum Gasteiger partial charge on any atom is 0.416 e. The number of ether oxygens (including phenoxy) is 1. The summed E-state index contributed by atoms with van der Waals surface area (Å²) in [6, 6.07) is -0.131. The zero-order valence-electron chi connectivity index (χ0n) is 16.2. The fraction of sp³-hybridized carbons (Fsp3) is 0.474. The minimum Gasteiger partial charge on any atom is -0.509 e. The van der Waals surface area contributed by atoms with Gasteiger partial charge in [0.05, 0.1) is 23.8 Å². The van der Waals surface area contributed by atoms with Crippen LogP contribution in [0.25, 0.3) is 0 Å². The lowest BCUT2D eigenvalue weighted by Crippen LogP contribution is -2.39. The van der Waals surface area contributed by atoms with Gasteiger partial charge in [-0.15, -0.1) is 0 Å². The number of halogens is 6. The second-order valence-electron chi connectivity index (χ2n) is 7.02. The summed E-state index contributed by atoms with van der Waals surface area (Å²) in [5.41, 5.74) is -4.18. The third-order valence-corrected chi connectivity index (χ3v) is 4.46. The molecule has 1 aliphatic heterocycles. The molecule has 0 bridgehead atoms. The first-order valence-electron chi connectivity index (χ1n) is 8.88. The Morgan fingerprint density at radius 3 is 2.00 bits per heavy atom. The Morgan fingerprint density at radius 2 is 1.60 bits per heavy atom. The fourth-order valence-corrected chi connectivity index (χ4v) is 3.22. The van der Waals surface area contributed by atoms with Gasteiger partial charge in [0.15, 0.2) is 5.57 Å². The Balaban J connectivity index is 2.50. The molecule has 0 fully saturated rings. The van der Waals surface area contributed by atoms with Gasteiger partial charge < -0.3 is 14.7 Å². The molecule has 0 radical (unpaired) electrons. The zero-order chi connectivity index (χ0) is 23.0. The maximum atomic E-state index is 13.1. The monoisotopic (exact) mass is 439 g/mol. The van der Waals surface area contributed by atoms with Crippen LogP contribution < -0.4 is 0 Å². The van der Waals surface area contributed by atoms with Gasteiger partial charge >= 0.3 is 18.3 Å². The van der Waals surface area contributed by atoms with Crippen molar-refractivity contribution >= 4 is 11.9 Å². The summed E-state index contributed by atoms with van der Waals surface area (Å²) in [6.07, 6.45) is -10.1. The van der Waals surface area contributed by atoms with Crippen LogP contribution in [0.4, 0.5) is 26.3 Å². The zero-order valence-corrected chi connectivity index (χ0v) is 16.2. The summed E-state index contributed by atoms with van der Waals surface area (Å²) >= 11 is 0. The van der Waals surface area contributed by atoms with E-state index in [4.69, 9.17) is 4.74 Å². The third kappa shape index (κ3) is 4.71. The highest BCUT2D eigenvalue weighted by molar-refractivity contribution is 6.18. The van der Waals surface area contributed by atoms with Crippen LogP contribution in [0.3, 0.4) is 0 Å². The third-order valence-electron chi connectivity index (χ3n) is 4.46. The Kier molecular flexibility index (Phi) is 6.43. The van der Waals surface area contributed by atoms with Gasteiger partial charge in [-0.25, -0.2) is 4.79 Å². The van der Waals surface area contributed by atoms with Crippen molar-refractivity contribution in [2.45, 2.75) is 45.7 Å². The molecule has 0 saturated carbocycles. The molecule has 11 heteroatoms. The predicted molar refractivity (Wildman–Crippen MR) is 91.9 cm³/mol. The Morgan fingerprint density at radius 1 is 1.10 bits per heavy atom. The number of rotatable bonds is 5. The molecule has 0 saturated heterocycles. The summed E-state index contributed by atoms with van der Waals surface area (Å²) in [5, 5.41) is 10.4. The number of hydrogen-bond donors (Lipinski definition) is 1. The van der Waals surface area contributed by atoms with Crippen molar-refractivity contribution in [2.24, 2.45) is 5.92 Å². The van der Waals surface area contributed by atoms with Crippen LogP contribution >= 0.6 is 0 Å². The van der Waals surface area contributed by atoms with E-state index in [1.807, 2.05) is 0 Å². The van der Waals surface area contributed by atoms with E-state index in [1.165, 1.54) is 6.92 Å². The summed E-state index contributed by atoms with van der Waals surface area (Å²) < 4.78 is 83.3. The number of aliphatic hydroxyl groups excluding tert-OH is 1. The molecule has 1 aromatic rings. The predicted octanol–water partition coefficient (Wildman–Crippen LogP) is 4.47. The maximum absolute atomic E-state index is 13.1. The van der Waals surface area contributed by atoms with Crippen LogP contribution in [0.1, 0.15) is 37.5 Å². The Labute approximate surface area is 167 Å². The first-order chi connectivity index (χ1) is 13.7. The normalized spacial score (nSPS) is 17.9. The van der Waals surface area contributed by atoms with E-state index in [0.29, 0.717) is 12.1 Å². The quantitative estimate of drug-likeness (QED) is 0.418. The largest absolute Gasteiger partial charge is 0.509 e. The highest BCUT2D eigenvalue weighted by atomic mass is 19.4. The first-order valence-corrected chi connectivity index (χ1v) is 8.88. The van der Waals surface area contributed by atoms with Crippen molar-refractivity contribution in [3.63, 3.8) is 0 Å². The molecule has 1 atom stereocenters. The fourth-order valence-electron chi connectivity index (χ4n) is 3.22. The van der Waals surface area contributed by atoms with E-state index in [1.54, 1.807) is 13.8 Å². The van der Waals surface area contributed by atoms with E-state index in [-0.39, 0.29) is 12.7 Å². The van der Waals surface area contributed by atoms with E-state index in [0.717, 1.165) is 4.90 Å². The summed E-state index contributed by atoms with van der Waals surface area (Å²) in [4.78, 5) is 25.6. The van der Waals surface area contributed by atoms with Gasteiger partial charge in [0.2, 0.25) is 0 Å². The molecule has 1 heterocycles. The van der Waals surface area contributed by atoms with Crippen molar-refractivity contribution in [3.05, 3.63) is 46.2 Å². The molecule has 0 aromatic heterocycles. The molecule has 5 nitrogen and oxygen atoms in total. The number of carbonyl (C=O) groups excluding carboxylic acids is 2. The molecule has 1 N–H and O–H groups in total. The molecule has 1 aromatic carbocycles. The van der Waals surface area contributed by atoms with Crippen LogP contribution in [0.5, 0.6) is 0 Å². The number of hydrogen-bond acceptors (Lipinski definition) is 4. The van der Waals surface area contributed by atoms with Crippen molar-refractivity contribution in [1.82, 2.24) is 4.90 Å². The second-order valence-corrected chi connectivity index (χ2v) is 7.02.